The van der Waals surface area contributed by atoms with Crippen molar-refractivity contribution in [1.29, 1.82) is 0 Å². The molecule has 0 spiro atoms. The predicted octanol–water partition coefficient (Wildman–Crippen LogP) is 4.24. The van der Waals surface area contributed by atoms with Crippen molar-refractivity contribution in [2.45, 2.75) is 65.7 Å². The first-order chi connectivity index (χ1) is 10.8. The molecule has 3 nitrogen and oxygen atoms in total. The molecule has 0 aliphatic heterocycles. The summed E-state index contributed by atoms with van der Waals surface area (Å²) in [7, 11) is 1.42. The molecule has 1 saturated carbocycles. The third kappa shape index (κ3) is 4.43. The molecule has 1 aromatic rings. The molecule has 0 aromatic heterocycles. The predicted molar refractivity (Wildman–Crippen MR) is 91.5 cm³/mol. The Bertz CT molecular complexity index is 572. The summed E-state index contributed by atoms with van der Waals surface area (Å²) in [5.41, 5.74) is 4.57. The lowest BCUT2D eigenvalue weighted by atomic mass is 9.77. The van der Waals surface area contributed by atoms with Crippen molar-refractivity contribution in [2.75, 3.05) is 7.11 Å². The molecule has 0 heterocycles. The van der Waals surface area contributed by atoms with Gasteiger partial charge in [0.2, 0.25) is 0 Å². The standard InChI is InChI=1S/C20H28O3/c1-14-9-15(2)18(16(3)10-14)11-17(21)12-20(7-5-6-8-20)13-19(22)23-4/h9-10H,5-8,11-13H2,1-4H3. The molecule has 1 aliphatic rings. The van der Waals surface area contributed by atoms with Crippen LogP contribution < -0.4 is 0 Å². The number of carbonyl (C=O) groups is 2. The molecule has 1 aromatic carbocycles. The highest BCUT2D eigenvalue weighted by molar-refractivity contribution is 5.83. The minimum atomic E-state index is -0.192. The third-order valence-electron chi connectivity index (χ3n) is 5.20. The van der Waals surface area contributed by atoms with Crippen molar-refractivity contribution in [3.8, 4) is 0 Å². The van der Waals surface area contributed by atoms with Gasteiger partial charge in [0.05, 0.1) is 13.5 Å². The van der Waals surface area contributed by atoms with E-state index >= 15 is 0 Å². The van der Waals surface area contributed by atoms with E-state index in [-0.39, 0.29) is 17.2 Å². The fraction of sp³-hybridized carbons (Fsp3) is 0.600. The Balaban J connectivity index is 2.10. The molecule has 1 fully saturated rings. The molecule has 1 aliphatic carbocycles. The molecule has 3 heteroatoms. The summed E-state index contributed by atoms with van der Waals surface area (Å²) in [5, 5.41) is 0. The largest absolute Gasteiger partial charge is 0.469 e. The highest BCUT2D eigenvalue weighted by atomic mass is 16.5. The van der Waals surface area contributed by atoms with E-state index in [0.717, 1.165) is 31.2 Å². The Labute approximate surface area is 139 Å². The molecule has 0 unspecified atom stereocenters. The SMILES string of the molecule is COC(=O)CC1(CC(=O)Cc2c(C)cc(C)cc2C)CCCC1. The van der Waals surface area contributed by atoms with E-state index in [4.69, 9.17) is 4.74 Å². The average molecular weight is 316 g/mol. The van der Waals surface area contributed by atoms with E-state index in [1.807, 2.05) is 0 Å². The van der Waals surface area contributed by atoms with E-state index in [9.17, 15) is 9.59 Å². The Kier molecular flexibility index (Phi) is 5.61. The third-order valence-corrected chi connectivity index (χ3v) is 5.20. The van der Waals surface area contributed by atoms with Crippen LogP contribution in [0, 0.1) is 26.2 Å². The lowest BCUT2D eigenvalue weighted by molar-refractivity contribution is -0.143. The average Bonchev–Trinajstić information content (AvgIpc) is 2.90. The smallest absolute Gasteiger partial charge is 0.306 e. The quantitative estimate of drug-likeness (QED) is 0.737. The molecular formula is C20H28O3. The van der Waals surface area contributed by atoms with Gasteiger partial charge in [-0.2, -0.15) is 0 Å². The highest BCUT2D eigenvalue weighted by Gasteiger charge is 2.38. The van der Waals surface area contributed by atoms with E-state index in [1.54, 1.807) is 0 Å². The zero-order chi connectivity index (χ0) is 17.0. The second kappa shape index (κ2) is 7.29. The van der Waals surface area contributed by atoms with Gasteiger partial charge in [-0.1, -0.05) is 30.5 Å². The van der Waals surface area contributed by atoms with Gasteiger partial charge in [0.15, 0.2) is 0 Å². The summed E-state index contributed by atoms with van der Waals surface area (Å²) < 4.78 is 4.84. The molecular weight excluding hydrogens is 288 g/mol. The van der Waals surface area contributed by atoms with Gasteiger partial charge in [-0.25, -0.2) is 0 Å². The maximum atomic E-state index is 12.7. The molecule has 126 valence electrons. The van der Waals surface area contributed by atoms with Crippen molar-refractivity contribution in [1.82, 2.24) is 0 Å². The van der Waals surface area contributed by atoms with Gasteiger partial charge in [-0.05, 0) is 55.7 Å². The van der Waals surface area contributed by atoms with E-state index in [2.05, 4.69) is 32.9 Å². The number of methoxy groups -OCH3 is 1. The summed E-state index contributed by atoms with van der Waals surface area (Å²) in [5.74, 6) is 0.0493. The van der Waals surface area contributed by atoms with Gasteiger partial charge < -0.3 is 4.74 Å². The zero-order valence-corrected chi connectivity index (χ0v) is 14.8. The number of hydrogen-bond donors (Lipinski definition) is 0. The van der Waals surface area contributed by atoms with Gasteiger partial charge in [0.1, 0.15) is 5.78 Å². The molecule has 0 saturated heterocycles. The number of ether oxygens (including phenoxy) is 1. The number of hydrogen-bond acceptors (Lipinski definition) is 3. The number of rotatable bonds is 6. The molecule has 0 radical (unpaired) electrons. The van der Waals surface area contributed by atoms with E-state index in [0.29, 0.717) is 19.3 Å². The van der Waals surface area contributed by atoms with Gasteiger partial charge in [0.25, 0.3) is 0 Å². The number of esters is 1. The molecule has 23 heavy (non-hydrogen) atoms. The Morgan fingerprint density at radius 2 is 1.61 bits per heavy atom. The van der Waals surface area contributed by atoms with Crippen molar-refractivity contribution in [3.05, 3.63) is 34.4 Å². The van der Waals surface area contributed by atoms with E-state index in [1.165, 1.54) is 23.8 Å². The van der Waals surface area contributed by atoms with Gasteiger partial charge >= 0.3 is 5.97 Å². The fourth-order valence-electron chi connectivity index (χ4n) is 4.09. The second-order valence-corrected chi connectivity index (χ2v) is 7.23. The van der Waals surface area contributed by atoms with Crippen LogP contribution in [0.15, 0.2) is 12.1 Å². The van der Waals surface area contributed by atoms with Crippen LogP contribution in [0.4, 0.5) is 0 Å². The molecule has 0 atom stereocenters. The lowest BCUT2D eigenvalue weighted by Crippen LogP contribution is -2.26. The molecule has 0 amide bonds. The molecule has 2 rings (SSSR count). The van der Waals surface area contributed by atoms with Crippen LogP contribution in [0.1, 0.15) is 60.8 Å². The summed E-state index contributed by atoms with van der Waals surface area (Å²) in [6, 6.07) is 4.27. The molecule has 0 N–H and O–H groups in total. The van der Waals surface area contributed by atoms with Gasteiger partial charge in [0, 0.05) is 12.8 Å². The first-order valence-corrected chi connectivity index (χ1v) is 8.50. The number of carbonyl (C=O) groups excluding carboxylic acids is 2. The Morgan fingerprint density at radius 1 is 1.04 bits per heavy atom. The maximum Gasteiger partial charge on any atom is 0.306 e. The van der Waals surface area contributed by atoms with Crippen molar-refractivity contribution < 1.29 is 14.3 Å². The van der Waals surface area contributed by atoms with Crippen LogP contribution in [0.2, 0.25) is 0 Å². The van der Waals surface area contributed by atoms with Gasteiger partial charge in [-0.3, -0.25) is 9.59 Å². The number of benzene rings is 1. The maximum absolute atomic E-state index is 12.7. The number of Topliss-reactive ketones (excluding diaryl/α,β-unsaturated/α-hetero) is 1. The van der Waals surface area contributed by atoms with Crippen molar-refractivity contribution >= 4 is 11.8 Å². The van der Waals surface area contributed by atoms with Crippen molar-refractivity contribution in [3.63, 3.8) is 0 Å². The first-order valence-electron chi connectivity index (χ1n) is 8.50. The van der Waals surface area contributed by atoms with Crippen molar-refractivity contribution in [2.24, 2.45) is 5.41 Å². The lowest BCUT2D eigenvalue weighted by Gasteiger charge is -2.27. The first kappa shape index (κ1) is 17.7. The van der Waals surface area contributed by atoms with Crippen LogP contribution in [0.3, 0.4) is 0 Å². The summed E-state index contributed by atoms with van der Waals surface area (Å²) >= 11 is 0. The van der Waals surface area contributed by atoms with Crippen LogP contribution in [-0.4, -0.2) is 18.9 Å². The normalized spacial score (nSPS) is 16.3. The van der Waals surface area contributed by atoms with E-state index < -0.39 is 0 Å². The van der Waals surface area contributed by atoms with Crippen LogP contribution in [-0.2, 0) is 20.7 Å². The van der Waals surface area contributed by atoms with Crippen LogP contribution >= 0.6 is 0 Å². The monoisotopic (exact) mass is 316 g/mol. The summed E-state index contributed by atoms with van der Waals surface area (Å²) in [6.07, 6.45) is 5.47. The zero-order valence-electron chi connectivity index (χ0n) is 14.8. The molecule has 0 bridgehead atoms. The number of aryl methyl sites for hydroxylation is 3. The minimum Gasteiger partial charge on any atom is -0.469 e. The summed E-state index contributed by atoms with van der Waals surface area (Å²) in [6.45, 7) is 6.22. The Morgan fingerprint density at radius 3 is 2.13 bits per heavy atom. The highest BCUT2D eigenvalue weighted by Crippen LogP contribution is 2.44. The summed E-state index contributed by atoms with van der Waals surface area (Å²) in [4.78, 5) is 24.4. The van der Waals surface area contributed by atoms with Crippen LogP contribution in [0.5, 0.6) is 0 Å². The fourth-order valence-corrected chi connectivity index (χ4v) is 4.09. The van der Waals surface area contributed by atoms with Gasteiger partial charge in [-0.15, -0.1) is 0 Å². The van der Waals surface area contributed by atoms with Crippen LogP contribution in [0.25, 0.3) is 0 Å². The topological polar surface area (TPSA) is 43.4 Å². The Hall–Kier alpha value is -1.64. The second-order valence-electron chi connectivity index (χ2n) is 7.23. The number of ketones is 1. The minimum absolute atomic E-state index is 0.170.